The Labute approximate surface area is 164 Å². The van der Waals surface area contributed by atoms with Gasteiger partial charge in [-0.3, -0.25) is 4.79 Å². The summed E-state index contributed by atoms with van der Waals surface area (Å²) in [5.74, 6) is -0.493. The lowest BCUT2D eigenvalue weighted by atomic mass is 9.98. The monoisotopic (exact) mass is 400 g/mol. The molecule has 152 valence electrons. The van der Waals surface area contributed by atoms with Gasteiger partial charge in [-0.05, 0) is 25.8 Å². The summed E-state index contributed by atoms with van der Waals surface area (Å²) in [6.45, 7) is 3.61. The molecule has 3 fully saturated rings. The largest absolute Gasteiger partial charge is 0.381 e. The van der Waals surface area contributed by atoms with Gasteiger partial charge in [0.15, 0.2) is 0 Å². The van der Waals surface area contributed by atoms with Crippen LogP contribution in [-0.4, -0.2) is 74.3 Å². The van der Waals surface area contributed by atoms with E-state index in [4.69, 9.17) is 26.8 Å². The molecule has 0 aromatic heterocycles. The van der Waals surface area contributed by atoms with Crippen molar-refractivity contribution in [3.8, 4) is 0 Å². The molecule has 9 nitrogen and oxygen atoms in total. The van der Waals surface area contributed by atoms with Crippen molar-refractivity contribution >= 4 is 17.5 Å². The van der Waals surface area contributed by atoms with Crippen molar-refractivity contribution in [1.29, 1.82) is 0 Å². The van der Waals surface area contributed by atoms with Crippen LogP contribution in [0.2, 0.25) is 0 Å². The first kappa shape index (κ1) is 19.4. The van der Waals surface area contributed by atoms with Crippen LogP contribution in [0, 0.1) is 5.92 Å². The molecule has 1 amide bonds. The van der Waals surface area contributed by atoms with Crippen LogP contribution in [0.5, 0.6) is 0 Å². The van der Waals surface area contributed by atoms with Gasteiger partial charge in [-0.15, -0.1) is 0 Å². The van der Waals surface area contributed by atoms with Crippen molar-refractivity contribution in [3.63, 3.8) is 0 Å². The Morgan fingerprint density at radius 1 is 1.37 bits per heavy atom. The van der Waals surface area contributed by atoms with E-state index in [9.17, 15) is 4.79 Å². The van der Waals surface area contributed by atoms with E-state index in [1.165, 1.54) is 0 Å². The summed E-state index contributed by atoms with van der Waals surface area (Å²) in [5.41, 5.74) is 9.33. The molecule has 0 radical (unpaired) electrons. The number of nitrogens with one attached hydrogen (secondary N) is 4. The van der Waals surface area contributed by atoms with Crippen molar-refractivity contribution in [2.45, 2.75) is 49.8 Å². The lowest BCUT2D eigenvalue weighted by Gasteiger charge is -2.37. The SMILES string of the molecule is NC1NN2CC(Cl)=CNC2C1C(=O)NC1CNCCC1OC1CCOCC1. The molecular formula is C17H29ClN6O3. The fourth-order valence-corrected chi connectivity index (χ4v) is 4.44. The summed E-state index contributed by atoms with van der Waals surface area (Å²) in [7, 11) is 0. The Bertz CT molecular complexity index is 573. The van der Waals surface area contributed by atoms with Crippen LogP contribution < -0.4 is 27.1 Å². The number of fused-ring (bicyclic) bond motifs is 1. The summed E-state index contributed by atoms with van der Waals surface area (Å²) in [6.07, 6.45) is 3.98. The summed E-state index contributed by atoms with van der Waals surface area (Å²) in [6, 6.07) is -0.0712. The average Bonchev–Trinajstić information content (AvgIpc) is 2.99. The zero-order chi connectivity index (χ0) is 18.8. The van der Waals surface area contributed by atoms with Crippen LogP contribution in [0.3, 0.4) is 0 Å². The highest BCUT2D eigenvalue weighted by Crippen LogP contribution is 2.24. The number of nitrogens with two attached hydrogens (primary N) is 1. The molecule has 27 heavy (non-hydrogen) atoms. The number of carbonyl (C=O) groups excluding carboxylic acids is 1. The Morgan fingerprint density at radius 2 is 2.19 bits per heavy atom. The maximum absolute atomic E-state index is 13.0. The average molecular weight is 401 g/mol. The zero-order valence-corrected chi connectivity index (χ0v) is 16.1. The number of carbonyl (C=O) groups is 1. The number of hydrogen-bond acceptors (Lipinski definition) is 8. The Kier molecular flexibility index (Phi) is 6.18. The van der Waals surface area contributed by atoms with Gasteiger partial charge < -0.3 is 31.2 Å². The van der Waals surface area contributed by atoms with Gasteiger partial charge in [0.2, 0.25) is 5.91 Å². The van der Waals surface area contributed by atoms with E-state index in [1.54, 1.807) is 6.20 Å². The highest BCUT2D eigenvalue weighted by atomic mass is 35.5. The van der Waals surface area contributed by atoms with E-state index >= 15 is 0 Å². The molecule has 3 saturated heterocycles. The first-order valence-electron chi connectivity index (χ1n) is 9.75. The lowest BCUT2D eigenvalue weighted by molar-refractivity contribution is -0.131. The third kappa shape index (κ3) is 4.40. The summed E-state index contributed by atoms with van der Waals surface area (Å²) < 4.78 is 11.7. The van der Waals surface area contributed by atoms with Gasteiger partial charge in [0, 0.05) is 31.0 Å². The molecule has 4 heterocycles. The molecule has 4 aliphatic rings. The maximum Gasteiger partial charge on any atom is 0.229 e. The van der Waals surface area contributed by atoms with Gasteiger partial charge in [-0.2, -0.15) is 0 Å². The zero-order valence-electron chi connectivity index (χ0n) is 15.3. The van der Waals surface area contributed by atoms with Crippen molar-refractivity contribution in [2.24, 2.45) is 11.7 Å². The highest BCUT2D eigenvalue weighted by Gasteiger charge is 2.46. The molecule has 0 spiro atoms. The Morgan fingerprint density at radius 3 is 3.00 bits per heavy atom. The van der Waals surface area contributed by atoms with Gasteiger partial charge in [0.05, 0.1) is 31.0 Å². The fourth-order valence-electron chi connectivity index (χ4n) is 4.25. The molecule has 0 saturated carbocycles. The van der Waals surface area contributed by atoms with Crippen molar-refractivity contribution in [2.75, 3.05) is 32.8 Å². The van der Waals surface area contributed by atoms with Gasteiger partial charge in [-0.1, -0.05) is 11.6 Å². The predicted octanol–water partition coefficient (Wildman–Crippen LogP) is -1.24. The second-order valence-electron chi connectivity index (χ2n) is 7.61. The molecule has 4 rings (SSSR count). The van der Waals surface area contributed by atoms with Crippen molar-refractivity contribution in [3.05, 3.63) is 11.2 Å². The van der Waals surface area contributed by atoms with Crippen LogP contribution in [-0.2, 0) is 14.3 Å². The fraction of sp³-hybridized carbons (Fsp3) is 0.824. The van der Waals surface area contributed by atoms with Crippen LogP contribution in [0.15, 0.2) is 11.2 Å². The van der Waals surface area contributed by atoms with E-state index in [1.807, 2.05) is 5.01 Å². The number of hydrogen-bond donors (Lipinski definition) is 5. The molecule has 0 aromatic rings. The third-order valence-electron chi connectivity index (χ3n) is 5.69. The normalized spacial score (nSPS) is 38.0. The molecular weight excluding hydrogens is 372 g/mol. The van der Waals surface area contributed by atoms with Gasteiger partial charge in [-0.25, -0.2) is 10.4 Å². The van der Waals surface area contributed by atoms with Crippen molar-refractivity contribution in [1.82, 2.24) is 26.4 Å². The minimum Gasteiger partial charge on any atom is -0.381 e. The molecule has 0 bridgehead atoms. The minimum atomic E-state index is -0.468. The molecule has 6 N–H and O–H groups in total. The first-order valence-corrected chi connectivity index (χ1v) is 10.1. The number of piperidine rings is 1. The molecule has 0 aliphatic carbocycles. The molecule has 5 unspecified atom stereocenters. The topological polar surface area (TPSA) is 113 Å². The molecule has 4 aliphatic heterocycles. The first-order chi connectivity index (χ1) is 13.1. The molecule has 0 aromatic carbocycles. The number of nitrogens with zero attached hydrogens (tertiary/aromatic N) is 1. The van der Waals surface area contributed by atoms with Gasteiger partial charge >= 0.3 is 0 Å². The van der Waals surface area contributed by atoms with E-state index in [0.29, 0.717) is 18.1 Å². The quantitative estimate of drug-likeness (QED) is 0.398. The predicted molar refractivity (Wildman–Crippen MR) is 100 cm³/mol. The third-order valence-corrected chi connectivity index (χ3v) is 5.92. The van der Waals surface area contributed by atoms with Gasteiger partial charge in [0.1, 0.15) is 12.1 Å². The Balaban J connectivity index is 1.38. The number of ether oxygens (including phenoxy) is 2. The maximum atomic E-state index is 13.0. The van der Waals surface area contributed by atoms with Crippen LogP contribution in [0.25, 0.3) is 0 Å². The van der Waals surface area contributed by atoms with Crippen molar-refractivity contribution < 1.29 is 14.3 Å². The standard InChI is InChI=1S/C17H29ClN6O3/c18-10-7-21-16-14(15(19)23-24(16)9-10)17(25)22-12-8-20-4-1-13(12)27-11-2-5-26-6-3-11/h7,11-16,20-21,23H,1-6,8-9,19H2,(H,22,25). The Hall–Kier alpha value is -0.940. The summed E-state index contributed by atoms with van der Waals surface area (Å²) in [4.78, 5) is 13.0. The summed E-state index contributed by atoms with van der Waals surface area (Å²) >= 11 is 6.07. The highest BCUT2D eigenvalue weighted by molar-refractivity contribution is 6.29. The molecule has 5 atom stereocenters. The number of halogens is 1. The van der Waals surface area contributed by atoms with E-state index in [-0.39, 0.29) is 30.3 Å². The van der Waals surface area contributed by atoms with E-state index < -0.39 is 12.1 Å². The minimum absolute atomic E-state index is 0.00800. The number of hydrazine groups is 1. The van der Waals surface area contributed by atoms with Crippen LogP contribution >= 0.6 is 11.6 Å². The second-order valence-corrected chi connectivity index (χ2v) is 8.09. The van der Waals surface area contributed by atoms with Crippen LogP contribution in [0.1, 0.15) is 19.3 Å². The number of amides is 1. The van der Waals surface area contributed by atoms with Gasteiger partial charge in [0.25, 0.3) is 0 Å². The van der Waals surface area contributed by atoms with E-state index in [0.717, 1.165) is 39.0 Å². The van der Waals surface area contributed by atoms with Crippen LogP contribution in [0.4, 0.5) is 0 Å². The molecule has 10 heteroatoms. The lowest BCUT2D eigenvalue weighted by Crippen LogP contribution is -2.59. The number of rotatable bonds is 4. The smallest absolute Gasteiger partial charge is 0.229 e. The van der Waals surface area contributed by atoms with E-state index in [2.05, 4.69) is 21.4 Å². The summed E-state index contributed by atoms with van der Waals surface area (Å²) in [5, 5.41) is 12.3. The second kappa shape index (κ2) is 8.60.